The minimum Gasteiger partial charge on any atom is -0.756 e. The predicted molar refractivity (Wildman–Crippen MR) is 231 cm³/mol. The van der Waals surface area contributed by atoms with Crippen LogP contribution in [0.25, 0.3) is 0 Å². The summed E-state index contributed by atoms with van der Waals surface area (Å²) in [4.78, 5) is 37.5. The molecule has 0 bridgehead atoms. The number of phosphoric acid groups is 1. The smallest absolute Gasteiger partial charge is 0.306 e. The highest BCUT2D eigenvalue weighted by Gasteiger charge is 2.21. The molecular weight excluding hydrogens is 725 g/mol. The van der Waals surface area contributed by atoms with Crippen LogP contribution in [0.4, 0.5) is 0 Å². The summed E-state index contributed by atoms with van der Waals surface area (Å²) in [5.74, 6) is -0.945. The third-order valence-electron chi connectivity index (χ3n) is 8.70. The molecule has 0 rings (SSSR count). The molecule has 0 aliphatic heterocycles. The minimum absolute atomic E-state index is 0.0485. The molecule has 322 valence electrons. The van der Waals surface area contributed by atoms with Crippen molar-refractivity contribution in [3.05, 3.63) is 72.9 Å². The van der Waals surface area contributed by atoms with E-state index >= 15 is 0 Å². The number of phosphoric ester groups is 1. The van der Waals surface area contributed by atoms with E-state index in [1.54, 1.807) is 0 Å². The number of ether oxygens (including phenoxy) is 2. The van der Waals surface area contributed by atoms with Crippen LogP contribution in [0.5, 0.6) is 0 Å². The van der Waals surface area contributed by atoms with Crippen molar-refractivity contribution >= 4 is 19.8 Å². The Morgan fingerprint density at radius 1 is 0.554 bits per heavy atom. The molecule has 0 aliphatic carbocycles. The highest BCUT2D eigenvalue weighted by molar-refractivity contribution is 7.45. The maximum absolute atomic E-state index is 12.6. The van der Waals surface area contributed by atoms with Crippen molar-refractivity contribution in [1.82, 2.24) is 0 Å². The number of hydrogen-bond donors (Lipinski definition) is 0. The van der Waals surface area contributed by atoms with Gasteiger partial charge < -0.3 is 27.9 Å². The first-order chi connectivity index (χ1) is 27.0. The van der Waals surface area contributed by atoms with Crippen LogP contribution in [-0.4, -0.2) is 70.0 Å². The molecule has 0 aromatic rings. The van der Waals surface area contributed by atoms with Crippen molar-refractivity contribution in [2.75, 3.05) is 47.5 Å². The van der Waals surface area contributed by atoms with Crippen molar-refractivity contribution in [2.45, 2.75) is 161 Å². The van der Waals surface area contributed by atoms with E-state index in [-0.39, 0.29) is 26.1 Å². The second-order valence-corrected chi connectivity index (χ2v) is 16.8. The van der Waals surface area contributed by atoms with Crippen LogP contribution in [0.3, 0.4) is 0 Å². The Kier molecular flexibility index (Phi) is 36.3. The topological polar surface area (TPSA) is 111 Å². The molecule has 0 aromatic heterocycles. The number of allylic oxidation sites excluding steroid dienone is 12. The first-order valence-corrected chi connectivity index (χ1v) is 23.1. The largest absolute Gasteiger partial charge is 0.756 e. The van der Waals surface area contributed by atoms with Gasteiger partial charge in [-0.1, -0.05) is 132 Å². The van der Waals surface area contributed by atoms with E-state index in [9.17, 15) is 19.0 Å². The molecule has 0 aliphatic rings. The van der Waals surface area contributed by atoms with Crippen LogP contribution < -0.4 is 4.89 Å². The lowest BCUT2D eigenvalue weighted by Gasteiger charge is -2.28. The molecule has 0 aromatic carbocycles. The first-order valence-electron chi connectivity index (χ1n) is 21.6. The van der Waals surface area contributed by atoms with E-state index in [0.717, 1.165) is 51.4 Å². The lowest BCUT2D eigenvalue weighted by atomic mass is 10.1. The van der Waals surface area contributed by atoms with Crippen molar-refractivity contribution in [3.63, 3.8) is 0 Å². The number of hydrogen-bond acceptors (Lipinski definition) is 8. The summed E-state index contributed by atoms with van der Waals surface area (Å²) < 4.78 is 33.8. The molecule has 0 spiro atoms. The number of nitrogens with zero attached hydrogens (tertiary/aromatic N) is 1. The number of quaternary nitrogens is 1. The minimum atomic E-state index is -4.65. The van der Waals surface area contributed by atoms with Crippen molar-refractivity contribution in [2.24, 2.45) is 0 Å². The van der Waals surface area contributed by atoms with Crippen molar-refractivity contribution in [1.29, 1.82) is 0 Å². The zero-order valence-electron chi connectivity index (χ0n) is 36.1. The zero-order valence-corrected chi connectivity index (χ0v) is 36.9. The van der Waals surface area contributed by atoms with E-state index in [1.165, 1.54) is 64.2 Å². The van der Waals surface area contributed by atoms with Gasteiger partial charge in [0.1, 0.15) is 19.8 Å². The van der Waals surface area contributed by atoms with Gasteiger partial charge in [-0.2, -0.15) is 0 Å². The predicted octanol–water partition coefficient (Wildman–Crippen LogP) is 11.6. The Morgan fingerprint density at radius 3 is 1.52 bits per heavy atom. The lowest BCUT2D eigenvalue weighted by molar-refractivity contribution is -0.870. The molecule has 56 heavy (non-hydrogen) atoms. The van der Waals surface area contributed by atoms with E-state index in [1.807, 2.05) is 27.2 Å². The second kappa shape index (κ2) is 38.0. The maximum atomic E-state index is 12.6. The number of carbonyl (C=O) groups is 2. The Labute approximate surface area is 342 Å². The highest BCUT2D eigenvalue weighted by atomic mass is 31.2. The van der Waals surface area contributed by atoms with Crippen molar-refractivity contribution < 1.29 is 42.1 Å². The van der Waals surface area contributed by atoms with Gasteiger partial charge in [0.2, 0.25) is 0 Å². The molecule has 0 N–H and O–H groups in total. The molecule has 0 radical (unpaired) electrons. The Bertz CT molecular complexity index is 1180. The third kappa shape index (κ3) is 41.1. The summed E-state index contributed by atoms with van der Waals surface area (Å²) in [6, 6.07) is 0. The van der Waals surface area contributed by atoms with Gasteiger partial charge in [-0.05, 0) is 83.5 Å². The van der Waals surface area contributed by atoms with Crippen molar-refractivity contribution in [3.8, 4) is 0 Å². The van der Waals surface area contributed by atoms with E-state index in [4.69, 9.17) is 18.5 Å². The fraction of sp³-hybridized carbons (Fsp3) is 0.696. The SMILES string of the molecule is CCCCC/C=C/C/C=C/C/C=C/C/C=C/CCCC(=O)OC[C@H](COP(=O)([O-])OCC[N+](C)(C)C)OC(=O)CCCC/C=C/C/C=C/CCCCCCCC. The zero-order chi connectivity index (χ0) is 41.4. The average Bonchev–Trinajstić information content (AvgIpc) is 3.15. The Balaban J connectivity index is 4.54. The van der Waals surface area contributed by atoms with Gasteiger partial charge in [0.15, 0.2) is 6.10 Å². The number of carbonyl (C=O) groups excluding carboxylic acids is 2. The number of unbranched alkanes of at least 4 members (excludes halogenated alkanes) is 12. The van der Waals surface area contributed by atoms with E-state index < -0.39 is 32.5 Å². The molecule has 0 fully saturated rings. The van der Waals surface area contributed by atoms with E-state index in [0.29, 0.717) is 23.9 Å². The number of rotatable bonds is 38. The third-order valence-corrected chi connectivity index (χ3v) is 9.66. The molecule has 2 atom stereocenters. The second-order valence-electron chi connectivity index (χ2n) is 15.3. The Morgan fingerprint density at radius 2 is 0.982 bits per heavy atom. The van der Waals surface area contributed by atoms with Crippen LogP contribution >= 0.6 is 7.82 Å². The van der Waals surface area contributed by atoms with Gasteiger partial charge in [-0.25, -0.2) is 0 Å². The average molecular weight is 806 g/mol. The maximum Gasteiger partial charge on any atom is 0.306 e. The van der Waals surface area contributed by atoms with Crippen LogP contribution in [0, 0.1) is 0 Å². The lowest BCUT2D eigenvalue weighted by Crippen LogP contribution is -2.37. The van der Waals surface area contributed by atoms with E-state index in [2.05, 4.69) is 80.7 Å². The van der Waals surface area contributed by atoms with Crippen LogP contribution in [0.2, 0.25) is 0 Å². The summed E-state index contributed by atoms with van der Waals surface area (Å²) in [5, 5.41) is 0. The quantitative estimate of drug-likeness (QED) is 0.0199. The summed E-state index contributed by atoms with van der Waals surface area (Å²) >= 11 is 0. The molecule has 9 nitrogen and oxygen atoms in total. The van der Waals surface area contributed by atoms with Gasteiger partial charge in [0, 0.05) is 12.8 Å². The molecule has 0 heterocycles. The molecular formula is C46H80NO8P. The summed E-state index contributed by atoms with van der Waals surface area (Å²) in [5.41, 5.74) is 0. The Hall–Kier alpha value is -2.55. The van der Waals surface area contributed by atoms with Gasteiger partial charge in [0.25, 0.3) is 7.82 Å². The summed E-state index contributed by atoms with van der Waals surface area (Å²) in [7, 11) is 1.10. The standard InChI is InChI=1S/C46H80NO8P/c1-6-8-10-12-14-16-18-20-22-23-25-26-28-30-32-34-36-38-45(48)52-42-44(43-54-56(50,51)53-41-40-47(3,4)5)55-46(49)39-37-35-33-31-29-27-24-21-19-17-15-13-11-9-7-2/h14,16,20-22,24-26,29-32,44H,6-13,15,17-19,23,27-28,33-43H2,1-5H3/b16-14+,22-20+,24-21+,26-25+,31-29+,32-30+/t44-/m1/s1. The monoisotopic (exact) mass is 806 g/mol. The first kappa shape index (κ1) is 53.5. The molecule has 1 unspecified atom stereocenters. The number of likely N-dealkylation sites (N-methyl/N-ethyl adjacent to an activating group) is 1. The summed E-state index contributed by atoms with van der Waals surface area (Å²) in [6.07, 6.45) is 46.5. The number of esters is 2. The van der Waals surface area contributed by atoms with Crippen LogP contribution in [0.15, 0.2) is 72.9 Å². The summed E-state index contributed by atoms with van der Waals surface area (Å²) in [6.45, 7) is 4.07. The molecule has 10 heteroatoms. The molecule has 0 saturated heterocycles. The van der Waals surface area contributed by atoms with Crippen LogP contribution in [-0.2, 0) is 32.7 Å². The van der Waals surface area contributed by atoms with Gasteiger partial charge in [-0.3, -0.25) is 14.2 Å². The van der Waals surface area contributed by atoms with Gasteiger partial charge in [0.05, 0.1) is 27.7 Å². The highest BCUT2D eigenvalue weighted by Crippen LogP contribution is 2.38. The fourth-order valence-electron chi connectivity index (χ4n) is 5.26. The molecule has 0 amide bonds. The normalized spacial score (nSPS) is 14.3. The molecule has 0 saturated carbocycles. The van der Waals surface area contributed by atoms with Gasteiger partial charge >= 0.3 is 11.9 Å². The van der Waals surface area contributed by atoms with Crippen LogP contribution in [0.1, 0.15) is 155 Å². The van der Waals surface area contributed by atoms with Gasteiger partial charge in [-0.15, -0.1) is 0 Å². The fourth-order valence-corrected chi connectivity index (χ4v) is 5.99.